The summed E-state index contributed by atoms with van der Waals surface area (Å²) in [5.74, 6) is -1.14. The SMILES string of the molecule is O=C(N[C@H]1CCO[C@H]1C(=O)O)c1nc(N2CCCC2)ncc1Cl. The largest absolute Gasteiger partial charge is 0.479 e. The third-order valence-corrected chi connectivity index (χ3v) is 4.26. The van der Waals surface area contributed by atoms with Crippen molar-refractivity contribution in [2.45, 2.75) is 31.4 Å². The van der Waals surface area contributed by atoms with Gasteiger partial charge in [-0.25, -0.2) is 14.8 Å². The number of aliphatic carboxylic acids is 1. The lowest BCUT2D eigenvalue weighted by atomic mass is 10.1. The van der Waals surface area contributed by atoms with Gasteiger partial charge in [-0.2, -0.15) is 0 Å². The highest BCUT2D eigenvalue weighted by molar-refractivity contribution is 6.33. The maximum Gasteiger partial charge on any atom is 0.334 e. The van der Waals surface area contributed by atoms with Crippen molar-refractivity contribution >= 4 is 29.4 Å². The van der Waals surface area contributed by atoms with Crippen molar-refractivity contribution < 1.29 is 19.4 Å². The number of hydrogen-bond donors (Lipinski definition) is 2. The van der Waals surface area contributed by atoms with Crippen molar-refractivity contribution in [3.05, 3.63) is 16.9 Å². The molecule has 0 spiro atoms. The lowest BCUT2D eigenvalue weighted by Crippen LogP contribution is -2.44. The first kappa shape index (κ1) is 15.9. The molecule has 2 aliphatic rings. The minimum Gasteiger partial charge on any atom is -0.479 e. The van der Waals surface area contributed by atoms with E-state index >= 15 is 0 Å². The number of hydrogen-bond acceptors (Lipinski definition) is 6. The Morgan fingerprint density at radius 3 is 2.83 bits per heavy atom. The van der Waals surface area contributed by atoms with Crippen molar-refractivity contribution in [2.24, 2.45) is 0 Å². The second-order valence-electron chi connectivity index (χ2n) is 5.56. The molecule has 3 rings (SSSR count). The molecule has 2 saturated heterocycles. The van der Waals surface area contributed by atoms with E-state index in [0.717, 1.165) is 25.9 Å². The fourth-order valence-electron chi connectivity index (χ4n) is 2.80. The van der Waals surface area contributed by atoms with Gasteiger partial charge in [0, 0.05) is 19.7 Å². The molecule has 2 aliphatic heterocycles. The van der Waals surface area contributed by atoms with Gasteiger partial charge in [0.1, 0.15) is 0 Å². The number of aromatic nitrogens is 2. The van der Waals surface area contributed by atoms with E-state index < -0.39 is 24.0 Å². The Balaban J connectivity index is 1.76. The van der Waals surface area contributed by atoms with Crippen LogP contribution in [0.3, 0.4) is 0 Å². The normalized spacial score (nSPS) is 24.0. The minimum absolute atomic E-state index is 0.0552. The van der Waals surface area contributed by atoms with E-state index in [4.69, 9.17) is 21.4 Å². The van der Waals surface area contributed by atoms with Gasteiger partial charge in [0.25, 0.3) is 5.91 Å². The van der Waals surface area contributed by atoms with Crippen LogP contribution in [0.2, 0.25) is 5.02 Å². The average molecular weight is 341 g/mol. The monoisotopic (exact) mass is 340 g/mol. The van der Waals surface area contributed by atoms with Gasteiger partial charge in [0.15, 0.2) is 11.8 Å². The fraction of sp³-hybridized carbons (Fsp3) is 0.571. The highest BCUT2D eigenvalue weighted by Crippen LogP contribution is 2.21. The summed E-state index contributed by atoms with van der Waals surface area (Å²) in [5, 5.41) is 11.9. The molecule has 0 aromatic carbocycles. The maximum absolute atomic E-state index is 12.4. The molecule has 0 bridgehead atoms. The molecule has 2 fully saturated rings. The fourth-order valence-corrected chi connectivity index (χ4v) is 2.98. The molecule has 1 aromatic heterocycles. The van der Waals surface area contributed by atoms with Crippen molar-refractivity contribution in [2.75, 3.05) is 24.6 Å². The second-order valence-corrected chi connectivity index (χ2v) is 5.97. The molecule has 3 heterocycles. The van der Waals surface area contributed by atoms with E-state index in [1.807, 2.05) is 4.90 Å². The number of ether oxygens (including phenoxy) is 1. The lowest BCUT2D eigenvalue weighted by molar-refractivity contribution is -0.148. The van der Waals surface area contributed by atoms with E-state index in [9.17, 15) is 9.59 Å². The molecule has 2 atom stereocenters. The Kier molecular flexibility index (Phi) is 4.63. The summed E-state index contributed by atoms with van der Waals surface area (Å²) in [6, 6.07) is -0.596. The number of rotatable bonds is 4. The highest BCUT2D eigenvalue weighted by Gasteiger charge is 2.36. The van der Waals surface area contributed by atoms with Crippen molar-refractivity contribution in [1.82, 2.24) is 15.3 Å². The van der Waals surface area contributed by atoms with E-state index in [2.05, 4.69) is 15.3 Å². The van der Waals surface area contributed by atoms with Crippen LogP contribution in [0.1, 0.15) is 29.8 Å². The predicted molar refractivity (Wildman–Crippen MR) is 81.7 cm³/mol. The molecule has 1 aromatic rings. The molecule has 0 unspecified atom stereocenters. The Hall–Kier alpha value is -1.93. The zero-order valence-corrected chi connectivity index (χ0v) is 13.1. The van der Waals surface area contributed by atoms with Gasteiger partial charge in [0.05, 0.1) is 17.3 Å². The molecule has 0 aliphatic carbocycles. The summed E-state index contributed by atoms with van der Waals surface area (Å²) >= 11 is 6.03. The molecule has 124 valence electrons. The maximum atomic E-state index is 12.4. The number of carbonyl (C=O) groups excluding carboxylic acids is 1. The molecule has 23 heavy (non-hydrogen) atoms. The predicted octanol–water partition coefficient (Wildman–Crippen LogP) is 0.702. The summed E-state index contributed by atoms with van der Waals surface area (Å²) in [6.07, 6.45) is 2.92. The average Bonchev–Trinajstić information content (AvgIpc) is 3.18. The van der Waals surface area contributed by atoms with Gasteiger partial charge < -0.3 is 20.1 Å². The van der Waals surface area contributed by atoms with Crippen LogP contribution in [-0.2, 0) is 9.53 Å². The summed E-state index contributed by atoms with van der Waals surface area (Å²) in [7, 11) is 0. The number of nitrogens with one attached hydrogen (secondary N) is 1. The number of nitrogens with zero attached hydrogens (tertiary/aromatic N) is 3. The molecule has 0 saturated carbocycles. The van der Waals surface area contributed by atoms with E-state index in [-0.39, 0.29) is 10.7 Å². The summed E-state index contributed by atoms with van der Waals surface area (Å²) in [5.41, 5.74) is 0.0552. The lowest BCUT2D eigenvalue weighted by Gasteiger charge is -2.18. The minimum atomic E-state index is -1.10. The van der Waals surface area contributed by atoms with Crippen LogP contribution in [0.15, 0.2) is 6.20 Å². The molecule has 0 radical (unpaired) electrons. The molecular weight excluding hydrogens is 324 g/mol. The third-order valence-electron chi connectivity index (χ3n) is 3.99. The van der Waals surface area contributed by atoms with Gasteiger partial charge in [-0.05, 0) is 19.3 Å². The first-order chi connectivity index (χ1) is 11.1. The van der Waals surface area contributed by atoms with Crippen LogP contribution < -0.4 is 10.2 Å². The Bertz CT molecular complexity index is 621. The van der Waals surface area contributed by atoms with Crippen LogP contribution in [0.25, 0.3) is 0 Å². The number of halogens is 1. The summed E-state index contributed by atoms with van der Waals surface area (Å²) in [4.78, 5) is 33.9. The second kappa shape index (κ2) is 6.67. The Morgan fingerprint density at radius 1 is 1.39 bits per heavy atom. The van der Waals surface area contributed by atoms with E-state index in [1.165, 1.54) is 6.20 Å². The van der Waals surface area contributed by atoms with Crippen molar-refractivity contribution in [3.8, 4) is 0 Å². The van der Waals surface area contributed by atoms with Gasteiger partial charge in [-0.3, -0.25) is 4.79 Å². The number of carboxylic acid groups (broad SMARTS) is 1. The van der Waals surface area contributed by atoms with Crippen LogP contribution >= 0.6 is 11.6 Å². The summed E-state index contributed by atoms with van der Waals surface area (Å²) < 4.78 is 5.11. The van der Waals surface area contributed by atoms with Gasteiger partial charge in [-0.1, -0.05) is 11.6 Å². The Morgan fingerprint density at radius 2 is 2.13 bits per heavy atom. The topological polar surface area (TPSA) is 105 Å². The third kappa shape index (κ3) is 3.37. The Labute approximate surface area is 137 Å². The zero-order chi connectivity index (χ0) is 16.4. The van der Waals surface area contributed by atoms with Crippen LogP contribution in [0, 0.1) is 0 Å². The smallest absolute Gasteiger partial charge is 0.334 e. The number of anilines is 1. The van der Waals surface area contributed by atoms with Crippen molar-refractivity contribution in [3.63, 3.8) is 0 Å². The molecule has 2 N–H and O–H groups in total. The van der Waals surface area contributed by atoms with Gasteiger partial charge in [-0.15, -0.1) is 0 Å². The quantitative estimate of drug-likeness (QED) is 0.831. The number of carboxylic acids is 1. The van der Waals surface area contributed by atoms with E-state index in [0.29, 0.717) is 19.0 Å². The van der Waals surface area contributed by atoms with Crippen LogP contribution in [0.4, 0.5) is 5.95 Å². The van der Waals surface area contributed by atoms with Crippen LogP contribution in [-0.4, -0.2) is 58.8 Å². The van der Waals surface area contributed by atoms with Gasteiger partial charge >= 0.3 is 5.97 Å². The first-order valence-electron chi connectivity index (χ1n) is 7.49. The summed E-state index contributed by atoms with van der Waals surface area (Å²) in [6.45, 7) is 1.99. The molecule has 1 amide bonds. The zero-order valence-electron chi connectivity index (χ0n) is 12.4. The molecule has 9 heteroatoms. The number of amides is 1. The highest BCUT2D eigenvalue weighted by atomic mass is 35.5. The first-order valence-corrected chi connectivity index (χ1v) is 7.87. The van der Waals surface area contributed by atoms with E-state index in [1.54, 1.807) is 0 Å². The molecular formula is C14H17ClN4O4. The van der Waals surface area contributed by atoms with Crippen molar-refractivity contribution in [1.29, 1.82) is 0 Å². The number of carbonyl (C=O) groups is 2. The van der Waals surface area contributed by atoms with Crippen LogP contribution in [0.5, 0.6) is 0 Å². The van der Waals surface area contributed by atoms with Gasteiger partial charge in [0.2, 0.25) is 5.95 Å². The molecule has 8 nitrogen and oxygen atoms in total. The standard InChI is InChI=1S/C14H17ClN4O4/c15-8-7-16-14(19-4-1-2-5-19)18-10(8)12(20)17-9-3-6-23-11(9)13(21)22/h7,9,11H,1-6H2,(H,17,20)(H,21,22)/t9-,11+/m0/s1.